The van der Waals surface area contributed by atoms with Gasteiger partial charge in [0.1, 0.15) is 0 Å². The standard InChI is InChI=1S/C12H18N2O/c1-14-9-11(8-13-14)6-5-10-3-2-4-12(15)7-10/h7-9,12,15H,2-6H2,1H3. The predicted molar refractivity (Wildman–Crippen MR) is 59.5 cm³/mol. The molecule has 1 atom stereocenters. The van der Waals surface area contributed by atoms with Crippen molar-refractivity contribution in [1.82, 2.24) is 9.78 Å². The van der Waals surface area contributed by atoms with Crippen LogP contribution in [0.25, 0.3) is 0 Å². The average molecular weight is 206 g/mol. The van der Waals surface area contributed by atoms with Crippen LogP contribution in [0.4, 0.5) is 0 Å². The molecule has 2 rings (SSSR count). The Labute approximate surface area is 90.4 Å². The first kappa shape index (κ1) is 10.4. The molecule has 82 valence electrons. The van der Waals surface area contributed by atoms with Crippen LogP contribution in [0.5, 0.6) is 0 Å². The highest BCUT2D eigenvalue weighted by molar-refractivity contribution is 5.13. The van der Waals surface area contributed by atoms with E-state index in [9.17, 15) is 5.11 Å². The lowest BCUT2D eigenvalue weighted by Crippen LogP contribution is -2.09. The third kappa shape index (κ3) is 2.93. The molecule has 0 aliphatic heterocycles. The zero-order chi connectivity index (χ0) is 10.7. The number of nitrogens with zero attached hydrogens (tertiary/aromatic N) is 2. The number of aliphatic hydroxyl groups excluding tert-OH is 1. The van der Waals surface area contributed by atoms with Gasteiger partial charge in [-0.05, 0) is 37.7 Å². The fraction of sp³-hybridized carbons (Fsp3) is 0.583. The van der Waals surface area contributed by atoms with Crippen LogP contribution in [0, 0.1) is 0 Å². The van der Waals surface area contributed by atoms with E-state index in [-0.39, 0.29) is 6.10 Å². The van der Waals surface area contributed by atoms with Crippen LogP contribution < -0.4 is 0 Å². The Kier molecular flexibility index (Phi) is 3.21. The lowest BCUT2D eigenvalue weighted by atomic mass is 9.93. The van der Waals surface area contributed by atoms with Crippen molar-refractivity contribution < 1.29 is 5.11 Å². The highest BCUT2D eigenvalue weighted by Crippen LogP contribution is 2.21. The summed E-state index contributed by atoms with van der Waals surface area (Å²) in [5.41, 5.74) is 2.68. The summed E-state index contributed by atoms with van der Waals surface area (Å²) in [5, 5.41) is 13.6. The maximum atomic E-state index is 9.49. The number of aryl methyl sites for hydroxylation is 2. The van der Waals surface area contributed by atoms with Crippen molar-refractivity contribution in [1.29, 1.82) is 0 Å². The highest BCUT2D eigenvalue weighted by Gasteiger charge is 2.10. The summed E-state index contributed by atoms with van der Waals surface area (Å²) in [7, 11) is 1.94. The Bertz CT molecular complexity index is 354. The maximum Gasteiger partial charge on any atom is 0.0723 e. The molecule has 1 aliphatic rings. The van der Waals surface area contributed by atoms with E-state index in [1.54, 1.807) is 0 Å². The van der Waals surface area contributed by atoms with E-state index < -0.39 is 0 Å². The van der Waals surface area contributed by atoms with Crippen LogP contribution in [0.15, 0.2) is 24.0 Å². The molecule has 1 aromatic heterocycles. The Balaban J connectivity index is 1.87. The van der Waals surface area contributed by atoms with Crippen molar-refractivity contribution >= 4 is 0 Å². The van der Waals surface area contributed by atoms with Gasteiger partial charge in [0.25, 0.3) is 0 Å². The number of aliphatic hydroxyl groups is 1. The fourth-order valence-electron chi connectivity index (χ4n) is 2.09. The van der Waals surface area contributed by atoms with Gasteiger partial charge in [-0.1, -0.05) is 11.6 Å². The van der Waals surface area contributed by atoms with E-state index in [0.717, 1.165) is 32.1 Å². The van der Waals surface area contributed by atoms with Crippen LogP contribution in [-0.2, 0) is 13.5 Å². The van der Waals surface area contributed by atoms with Gasteiger partial charge in [-0.2, -0.15) is 5.10 Å². The summed E-state index contributed by atoms with van der Waals surface area (Å²) >= 11 is 0. The quantitative estimate of drug-likeness (QED) is 0.766. The summed E-state index contributed by atoms with van der Waals surface area (Å²) in [6, 6.07) is 0. The monoisotopic (exact) mass is 206 g/mol. The minimum Gasteiger partial charge on any atom is -0.389 e. The zero-order valence-electron chi connectivity index (χ0n) is 9.19. The summed E-state index contributed by atoms with van der Waals surface area (Å²) in [5.74, 6) is 0. The molecule has 3 nitrogen and oxygen atoms in total. The first-order valence-electron chi connectivity index (χ1n) is 5.59. The molecular formula is C12H18N2O. The first-order valence-corrected chi connectivity index (χ1v) is 5.59. The largest absolute Gasteiger partial charge is 0.389 e. The van der Waals surface area contributed by atoms with E-state index in [1.807, 2.05) is 24.0 Å². The Morgan fingerprint density at radius 1 is 1.53 bits per heavy atom. The maximum absolute atomic E-state index is 9.49. The van der Waals surface area contributed by atoms with Gasteiger partial charge in [-0.3, -0.25) is 4.68 Å². The number of hydrogen-bond acceptors (Lipinski definition) is 2. The molecule has 0 amide bonds. The van der Waals surface area contributed by atoms with E-state index >= 15 is 0 Å². The minimum absolute atomic E-state index is 0.206. The van der Waals surface area contributed by atoms with Crippen molar-refractivity contribution in [3.8, 4) is 0 Å². The Morgan fingerprint density at radius 2 is 2.40 bits per heavy atom. The molecule has 0 fully saturated rings. The van der Waals surface area contributed by atoms with Crippen molar-refractivity contribution in [2.75, 3.05) is 0 Å². The number of aromatic nitrogens is 2. The van der Waals surface area contributed by atoms with Gasteiger partial charge in [-0.25, -0.2) is 0 Å². The third-order valence-electron chi connectivity index (χ3n) is 2.92. The second-order valence-corrected chi connectivity index (χ2v) is 4.31. The van der Waals surface area contributed by atoms with Gasteiger partial charge in [0, 0.05) is 13.2 Å². The van der Waals surface area contributed by atoms with E-state index in [0.29, 0.717) is 0 Å². The molecule has 0 spiro atoms. The molecule has 1 N–H and O–H groups in total. The van der Waals surface area contributed by atoms with E-state index in [1.165, 1.54) is 11.1 Å². The Morgan fingerprint density at radius 3 is 3.07 bits per heavy atom. The average Bonchev–Trinajstić information content (AvgIpc) is 2.62. The van der Waals surface area contributed by atoms with Crippen LogP contribution in [0.1, 0.15) is 31.2 Å². The highest BCUT2D eigenvalue weighted by atomic mass is 16.3. The lowest BCUT2D eigenvalue weighted by molar-refractivity contribution is 0.201. The van der Waals surface area contributed by atoms with E-state index in [2.05, 4.69) is 11.3 Å². The van der Waals surface area contributed by atoms with Crippen molar-refractivity contribution in [3.63, 3.8) is 0 Å². The van der Waals surface area contributed by atoms with Gasteiger partial charge in [-0.15, -0.1) is 0 Å². The summed E-state index contributed by atoms with van der Waals surface area (Å²) in [6.45, 7) is 0. The number of allylic oxidation sites excluding steroid dienone is 1. The van der Waals surface area contributed by atoms with Gasteiger partial charge in [0.2, 0.25) is 0 Å². The second-order valence-electron chi connectivity index (χ2n) is 4.31. The van der Waals surface area contributed by atoms with Gasteiger partial charge < -0.3 is 5.11 Å². The Hall–Kier alpha value is -1.09. The van der Waals surface area contributed by atoms with Crippen LogP contribution in [0.2, 0.25) is 0 Å². The summed E-state index contributed by atoms with van der Waals surface area (Å²) < 4.78 is 1.83. The summed E-state index contributed by atoms with van der Waals surface area (Å²) in [4.78, 5) is 0. The zero-order valence-corrected chi connectivity index (χ0v) is 9.19. The molecule has 15 heavy (non-hydrogen) atoms. The third-order valence-corrected chi connectivity index (χ3v) is 2.92. The molecular weight excluding hydrogens is 188 g/mol. The van der Waals surface area contributed by atoms with Crippen LogP contribution in [-0.4, -0.2) is 21.0 Å². The van der Waals surface area contributed by atoms with Crippen LogP contribution in [0.3, 0.4) is 0 Å². The molecule has 0 aromatic carbocycles. The molecule has 1 heterocycles. The van der Waals surface area contributed by atoms with E-state index in [4.69, 9.17) is 0 Å². The van der Waals surface area contributed by atoms with Crippen molar-refractivity contribution in [2.24, 2.45) is 7.05 Å². The smallest absolute Gasteiger partial charge is 0.0723 e. The normalized spacial score (nSPS) is 21.5. The molecule has 1 unspecified atom stereocenters. The molecule has 0 radical (unpaired) electrons. The molecule has 1 aliphatic carbocycles. The molecule has 0 bridgehead atoms. The number of hydrogen-bond donors (Lipinski definition) is 1. The second kappa shape index (κ2) is 4.62. The lowest BCUT2D eigenvalue weighted by Gasteiger charge is -2.16. The minimum atomic E-state index is -0.206. The van der Waals surface area contributed by atoms with Gasteiger partial charge >= 0.3 is 0 Å². The fourth-order valence-corrected chi connectivity index (χ4v) is 2.09. The molecule has 1 aromatic rings. The number of rotatable bonds is 3. The molecule has 0 saturated heterocycles. The van der Waals surface area contributed by atoms with Crippen molar-refractivity contribution in [2.45, 2.75) is 38.2 Å². The van der Waals surface area contributed by atoms with Gasteiger partial charge in [0.05, 0.1) is 12.3 Å². The van der Waals surface area contributed by atoms with Crippen LogP contribution >= 0.6 is 0 Å². The summed E-state index contributed by atoms with van der Waals surface area (Å²) in [6.07, 6.45) is 11.1. The van der Waals surface area contributed by atoms with Crippen molar-refractivity contribution in [3.05, 3.63) is 29.6 Å². The molecule has 0 saturated carbocycles. The molecule has 3 heteroatoms. The predicted octanol–water partition coefficient (Wildman–Crippen LogP) is 1.82. The SMILES string of the molecule is Cn1cc(CCC2=CC(O)CCC2)cn1. The topological polar surface area (TPSA) is 38.0 Å². The first-order chi connectivity index (χ1) is 7.24. The van der Waals surface area contributed by atoms with Gasteiger partial charge in [0.15, 0.2) is 0 Å².